The number of nitrogens with one attached hydrogen (secondary N) is 2. The molecule has 1 atom stereocenters. The van der Waals surface area contributed by atoms with Gasteiger partial charge in [0.1, 0.15) is 0 Å². The zero-order chi connectivity index (χ0) is 10.3. The molecular weight excluding hydrogens is 174 g/mol. The summed E-state index contributed by atoms with van der Waals surface area (Å²) >= 11 is 0. The van der Waals surface area contributed by atoms with Gasteiger partial charge in [0.25, 0.3) is 0 Å². The summed E-state index contributed by atoms with van der Waals surface area (Å²) in [5.74, 6) is -0.822. The highest BCUT2D eigenvalue weighted by Gasteiger charge is 2.08. The van der Waals surface area contributed by atoms with Crippen molar-refractivity contribution < 1.29 is 14.4 Å². The van der Waals surface area contributed by atoms with Crippen LogP contribution in [0.4, 0.5) is 0 Å². The standard InChI is InChI=1S/C7H13N3O3/c1-5(2-6(8)12)10-7(13)3-9-4-11/h4-5H,2-3H2,1H3,(H2,8,12)(H,9,11)(H,10,13). The first-order valence-corrected chi connectivity index (χ1v) is 3.81. The molecule has 6 heteroatoms. The molecule has 0 fully saturated rings. The van der Waals surface area contributed by atoms with E-state index in [9.17, 15) is 14.4 Å². The van der Waals surface area contributed by atoms with Crippen molar-refractivity contribution in [2.45, 2.75) is 19.4 Å². The lowest BCUT2D eigenvalue weighted by molar-refractivity contribution is -0.123. The normalized spacial score (nSPS) is 11.5. The molecule has 6 nitrogen and oxygen atoms in total. The number of hydrogen-bond acceptors (Lipinski definition) is 3. The first-order chi connectivity index (χ1) is 6.06. The van der Waals surface area contributed by atoms with Crippen LogP contribution >= 0.6 is 0 Å². The van der Waals surface area contributed by atoms with Crippen molar-refractivity contribution in [1.29, 1.82) is 0 Å². The summed E-state index contributed by atoms with van der Waals surface area (Å²) in [6, 6.07) is -0.307. The molecule has 0 aliphatic rings. The van der Waals surface area contributed by atoms with E-state index in [4.69, 9.17) is 5.73 Å². The van der Waals surface area contributed by atoms with Crippen molar-refractivity contribution in [2.24, 2.45) is 5.73 Å². The van der Waals surface area contributed by atoms with Crippen LogP contribution in [0.3, 0.4) is 0 Å². The Labute approximate surface area is 75.9 Å². The van der Waals surface area contributed by atoms with Crippen LogP contribution in [0.25, 0.3) is 0 Å². The van der Waals surface area contributed by atoms with Gasteiger partial charge in [-0.25, -0.2) is 0 Å². The second-order valence-corrected chi connectivity index (χ2v) is 2.64. The Bertz CT molecular complexity index is 205. The van der Waals surface area contributed by atoms with Crippen LogP contribution in [0, 0.1) is 0 Å². The molecule has 0 rings (SSSR count). The SMILES string of the molecule is CC(CC(N)=O)NC(=O)CNC=O. The van der Waals surface area contributed by atoms with Crippen LogP contribution in [-0.2, 0) is 14.4 Å². The highest BCUT2D eigenvalue weighted by Crippen LogP contribution is 1.87. The lowest BCUT2D eigenvalue weighted by Gasteiger charge is -2.11. The van der Waals surface area contributed by atoms with Crippen molar-refractivity contribution in [1.82, 2.24) is 10.6 Å². The predicted molar refractivity (Wildman–Crippen MR) is 45.5 cm³/mol. The fourth-order valence-corrected chi connectivity index (χ4v) is 0.813. The lowest BCUT2D eigenvalue weighted by atomic mass is 10.2. The molecule has 0 heterocycles. The second-order valence-electron chi connectivity index (χ2n) is 2.64. The monoisotopic (exact) mass is 187 g/mol. The van der Waals surface area contributed by atoms with E-state index >= 15 is 0 Å². The van der Waals surface area contributed by atoms with Crippen LogP contribution in [0.15, 0.2) is 0 Å². The molecule has 0 aliphatic heterocycles. The van der Waals surface area contributed by atoms with Gasteiger partial charge in [0, 0.05) is 12.5 Å². The van der Waals surface area contributed by atoms with Gasteiger partial charge in [-0.05, 0) is 6.92 Å². The molecule has 0 aromatic heterocycles. The molecule has 0 aromatic carbocycles. The molecule has 0 aromatic rings. The number of hydrogen-bond donors (Lipinski definition) is 3. The molecule has 13 heavy (non-hydrogen) atoms. The maximum atomic E-state index is 10.9. The molecule has 0 aliphatic carbocycles. The van der Waals surface area contributed by atoms with E-state index in [0.29, 0.717) is 6.41 Å². The van der Waals surface area contributed by atoms with Crippen molar-refractivity contribution in [3.8, 4) is 0 Å². The largest absolute Gasteiger partial charge is 0.370 e. The first-order valence-electron chi connectivity index (χ1n) is 3.81. The van der Waals surface area contributed by atoms with Gasteiger partial charge in [-0.2, -0.15) is 0 Å². The predicted octanol–water partition coefficient (Wildman–Crippen LogP) is -1.89. The molecular formula is C7H13N3O3. The van der Waals surface area contributed by atoms with Crippen LogP contribution in [-0.4, -0.2) is 30.8 Å². The molecule has 0 spiro atoms. The minimum atomic E-state index is -0.476. The summed E-state index contributed by atoms with van der Waals surface area (Å²) in [7, 11) is 0. The summed E-state index contributed by atoms with van der Waals surface area (Å²) < 4.78 is 0. The Morgan fingerprint density at radius 3 is 2.62 bits per heavy atom. The number of carbonyl (C=O) groups excluding carboxylic acids is 3. The van der Waals surface area contributed by atoms with Crippen molar-refractivity contribution >= 4 is 18.2 Å². The van der Waals surface area contributed by atoms with Crippen LogP contribution in [0.1, 0.15) is 13.3 Å². The van der Waals surface area contributed by atoms with Gasteiger partial charge in [-0.1, -0.05) is 0 Å². The summed E-state index contributed by atoms with van der Waals surface area (Å²) in [5, 5.41) is 4.68. The zero-order valence-electron chi connectivity index (χ0n) is 7.37. The number of nitrogens with two attached hydrogens (primary N) is 1. The second kappa shape index (κ2) is 5.99. The van der Waals surface area contributed by atoms with Crippen molar-refractivity contribution in [3.63, 3.8) is 0 Å². The third kappa shape index (κ3) is 6.79. The molecule has 4 N–H and O–H groups in total. The van der Waals surface area contributed by atoms with E-state index in [2.05, 4.69) is 10.6 Å². The molecule has 1 unspecified atom stereocenters. The number of carbonyl (C=O) groups is 3. The Hall–Kier alpha value is -1.59. The Morgan fingerprint density at radius 2 is 2.15 bits per heavy atom. The van der Waals surface area contributed by atoms with Crippen LogP contribution in [0.2, 0.25) is 0 Å². The molecule has 74 valence electrons. The van der Waals surface area contributed by atoms with E-state index in [1.54, 1.807) is 6.92 Å². The quantitative estimate of drug-likeness (QED) is 0.424. The van der Waals surface area contributed by atoms with Gasteiger partial charge in [-0.3, -0.25) is 14.4 Å². The molecule has 0 radical (unpaired) electrons. The average Bonchev–Trinajstić information content (AvgIpc) is 1.98. The van der Waals surface area contributed by atoms with Gasteiger partial charge in [0.15, 0.2) is 0 Å². The Balaban J connectivity index is 3.64. The van der Waals surface area contributed by atoms with E-state index < -0.39 is 5.91 Å². The van der Waals surface area contributed by atoms with Gasteiger partial charge < -0.3 is 16.4 Å². The van der Waals surface area contributed by atoms with Gasteiger partial charge >= 0.3 is 0 Å². The van der Waals surface area contributed by atoms with Crippen molar-refractivity contribution in [2.75, 3.05) is 6.54 Å². The zero-order valence-corrected chi connectivity index (χ0v) is 7.37. The highest BCUT2D eigenvalue weighted by atomic mass is 16.2. The fraction of sp³-hybridized carbons (Fsp3) is 0.571. The van der Waals surface area contributed by atoms with Crippen LogP contribution < -0.4 is 16.4 Å². The number of amides is 3. The summed E-state index contributed by atoms with van der Waals surface area (Å²) in [5.41, 5.74) is 4.91. The molecule has 0 bridgehead atoms. The number of rotatable bonds is 6. The molecule has 0 saturated carbocycles. The van der Waals surface area contributed by atoms with E-state index in [0.717, 1.165) is 0 Å². The summed E-state index contributed by atoms with van der Waals surface area (Å²) in [4.78, 5) is 31.1. The van der Waals surface area contributed by atoms with Gasteiger partial charge in [0.2, 0.25) is 18.2 Å². The minimum Gasteiger partial charge on any atom is -0.370 e. The molecule has 0 saturated heterocycles. The van der Waals surface area contributed by atoms with Gasteiger partial charge in [-0.15, -0.1) is 0 Å². The smallest absolute Gasteiger partial charge is 0.239 e. The van der Waals surface area contributed by atoms with Crippen LogP contribution in [0.5, 0.6) is 0 Å². The van der Waals surface area contributed by atoms with Crippen molar-refractivity contribution in [3.05, 3.63) is 0 Å². The third-order valence-electron chi connectivity index (χ3n) is 1.26. The third-order valence-corrected chi connectivity index (χ3v) is 1.26. The van der Waals surface area contributed by atoms with E-state index in [1.807, 2.05) is 0 Å². The maximum absolute atomic E-state index is 10.9. The van der Waals surface area contributed by atoms with E-state index in [-0.39, 0.29) is 24.9 Å². The highest BCUT2D eigenvalue weighted by molar-refractivity contribution is 5.81. The molecule has 3 amide bonds. The average molecular weight is 187 g/mol. The Morgan fingerprint density at radius 1 is 1.54 bits per heavy atom. The summed E-state index contributed by atoms with van der Waals surface area (Å²) in [6.45, 7) is 1.57. The minimum absolute atomic E-state index is 0.0901. The first kappa shape index (κ1) is 11.4. The Kier molecular flexibility index (Phi) is 5.25. The number of primary amides is 1. The lowest BCUT2D eigenvalue weighted by Crippen LogP contribution is -2.40. The maximum Gasteiger partial charge on any atom is 0.239 e. The van der Waals surface area contributed by atoms with Gasteiger partial charge in [0.05, 0.1) is 6.54 Å². The fourth-order valence-electron chi connectivity index (χ4n) is 0.813. The topological polar surface area (TPSA) is 101 Å². The van der Waals surface area contributed by atoms with E-state index in [1.165, 1.54) is 0 Å². The summed E-state index contributed by atoms with van der Waals surface area (Å²) in [6.07, 6.45) is 0.519.